The minimum Gasteiger partial charge on any atom is -0.462 e. The van der Waals surface area contributed by atoms with Crippen molar-refractivity contribution in [3.05, 3.63) is 51.2 Å². The summed E-state index contributed by atoms with van der Waals surface area (Å²) in [5.74, 6) is -0.911. The zero-order valence-corrected chi connectivity index (χ0v) is 16.8. The summed E-state index contributed by atoms with van der Waals surface area (Å²) in [7, 11) is 0. The number of rotatable bonds is 6. The van der Waals surface area contributed by atoms with E-state index < -0.39 is 24.5 Å². The van der Waals surface area contributed by atoms with Gasteiger partial charge in [0.2, 0.25) is 0 Å². The van der Waals surface area contributed by atoms with Crippen LogP contribution in [0.5, 0.6) is 0 Å². The third-order valence-corrected chi connectivity index (χ3v) is 5.78. The average molecular weight is 401 g/mol. The van der Waals surface area contributed by atoms with Crippen LogP contribution < -0.4 is 5.32 Å². The maximum absolute atomic E-state index is 12.3. The molecule has 1 heterocycles. The van der Waals surface area contributed by atoms with Crippen LogP contribution in [0.25, 0.3) is 0 Å². The Morgan fingerprint density at radius 3 is 2.75 bits per heavy atom. The van der Waals surface area contributed by atoms with E-state index in [9.17, 15) is 14.4 Å². The first kappa shape index (κ1) is 20.1. The van der Waals surface area contributed by atoms with E-state index in [1.807, 2.05) is 6.07 Å². The van der Waals surface area contributed by atoms with Crippen molar-refractivity contribution in [2.45, 2.75) is 33.1 Å². The van der Waals surface area contributed by atoms with Crippen LogP contribution in [0.15, 0.2) is 30.3 Å². The molecule has 1 aromatic heterocycles. The van der Waals surface area contributed by atoms with Gasteiger partial charge in [-0.05, 0) is 55.9 Å². The number of fused-ring (bicyclic) bond motifs is 1. The van der Waals surface area contributed by atoms with Crippen molar-refractivity contribution < 1.29 is 23.9 Å². The second kappa shape index (κ2) is 9.01. The molecule has 1 amide bonds. The number of esters is 2. The molecule has 0 fully saturated rings. The molecule has 6 nitrogen and oxygen atoms in total. The second-order valence-corrected chi connectivity index (χ2v) is 7.93. The molecule has 0 saturated carbocycles. The number of hydrogen-bond donors (Lipinski definition) is 1. The number of amides is 1. The van der Waals surface area contributed by atoms with Gasteiger partial charge < -0.3 is 14.8 Å². The first-order chi connectivity index (χ1) is 13.5. The third-order valence-electron chi connectivity index (χ3n) is 4.56. The predicted molar refractivity (Wildman–Crippen MR) is 107 cm³/mol. The summed E-state index contributed by atoms with van der Waals surface area (Å²) in [5.41, 5.74) is 1.79. The molecule has 1 atom stereocenters. The largest absolute Gasteiger partial charge is 0.462 e. The number of nitrogens with one attached hydrogen (secondary N) is 1. The molecule has 148 valence electrons. The smallest absolute Gasteiger partial charge is 0.348 e. The Labute approximate surface area is 167 Å². The third kappa shape index (κ3) is 4.78. The molecule has 0 radical (unpaired) electrons. The first-order valence-electron chi connectivity index (χ1n) is 9.32. The molecule has 0 unspecified atom stereocenters. The van der Waals surface area contributed by atoms with Gasteiger partial charge >= 0.3 is 11.9 Å². The van der Waals surface area contributed by atoms with Crippen molar-refractivity contribution in [2.75, 3.05) is 18.5 Å². The summed E-state index contributed by atoms with van der Waals surface area (Å²) in [5, 5.41) is 2.60. The Bertz CT molecular complexity index is 889. The molecule has 1 N–H and O–H groups in total. The van der Waals surface area contributed by atoms with E-state index in [-0.39, 0.29) is 12.2 Å². The lowest BCUT2D eigenvalue weighted by Crippen LogP contribution is -2.22. The fourth-order valence-electron chi connectivity index (χ4n) is 3.17. The normalized spacial score (nSPS) is 15.4. The predicted octanol–water partition coefficient (Wildman–Crippen LogP) is 3.85. The van der Waals surface area contributed by atoms with Gasteiger partial charge in [-0.25, -0.2) is 9.59 Å². The molecule has 1 aromatic carbocycles. The van der Waals surface area contributed by atoms with Gasteiger partial charge in [0, 0.05) is 4.88 Å². The van der Waals surface area contributed by atoms with E-state index >= 15 is 0 Å². The van der Waals surface area contributed by atoms with Crippen LogP contribution in [0.1, 0.15) is 50.7 Å². The Morgan fingerprint density at radius 1 is 1.18 bits per heavy atom. The number of anilines is 1. The lowest BCUT2D eigenvalue weighted by molar-refractivity contribution is -0.119. The number of hydrogen-bond acceptors (Lipinski definition) is 6. The van der Waals surface area contributed by atoms with Crippen molar-refractivity contribution in [3.63, 3.8) is 0 Å². The summed E-state index contributed by atoms with van der Waals surface area (Å²) >= 11 is 1.45. The van der Waals surface area contributed by atoms with Crippen molar-refractivity contribution >= 4 is 34.9 Å². The molecule has 1 aliphatic rings. The van der Waals surface area contributed by atoms with Crippen molar-refractivity contribution in [1.82, 2.24) is 0 Å². The number of para-hydroxylation sites is 1. The Morgan fingerprint density at radius 2 is 1.96 bits per heavy atom. The van der Waals surface area contributed by atoms with Crippen LogP contribution in [-0.2, 0) is 27.1 Å². The van der Waals surface area contributed by atoms with Crippen LogP contribution in [0, 0.1) is 5.92 Å². The zero-order chi connectivity index (χ0) is 20.1. The van der Waals surface area contributed by atoms with Gasteiger partial charge in [-0.1, -0.05) is 19.1 Å². The van der Waals surface area contributed by atoms with Crippen molar-refractivity contribution in [3.8, 4) is 0 Å². The van der Waals surface area contributed by atoms with Crippen molar-refractivity contribution in [2.24, 2.45) is 5.92 Å². The minimum absolute atomic E-state index is 0.238. The highest BCUT2D eigenvalue weighted by atomic mass is 32.1. The molecule has 0 aliphatic heterocycles. The molecule has 0 bridgehead atoms. The van der Waals surface area contributed by atoms with E-state index in [0.29, 0.717) is 16.5 Å². The maximum atomic E-state index is 12.3. The molecule has 0 spiro atoms. The van der Waals surface area contributed by atoms with Gasteiger partial charge in [0.05, 0.1) is 17.9 Å². The molecule has 28 heavy (non-hydrogen) atoms. The van der Waals surface area contributed by atoms with E-state index in [1.165, 1.54) is 21.8 Å². The molecule has 1 aliphatic carbocycles. The van der Waals surface area contributed by atoms with Gasteiger partial charge in [-0.3, -0.25) is 4.79 Å². The van der Waals surface area contributed by atoms with Crippen LogP contribution in [-0.4, -0.2) is 31.1 Å². The van der Waals surface area contributed by atoms with Crippen LogP contribution in [0.3, 0.4) is 0 Å². The average Bonchev–Trinajstić information content (AvgIpc) is 3.10. The highest BCUT2D eigenvalue weighted by molar-refractivity contribution is 7.14. The SMILES string of the molecule is CCOC(=O)c1ccccc1NC(=O)COC(=O)c1cc2c(s1)CC[C@H](C)C2. The number of benzene rings is 1. The van der Waals surface area contributed by atoms with Crippen LogP contribution in [0.2, 0.25) is 0 Å². The molecule has 7 heteroatoms. The number of carbonyl (C=O) groups is 3. The fourth-order valence-corrected chi connectivity index (χ4v) is 4.28. The van der Waals surface area contributed by atoms with Crippen molar-refractivity contribution in [1.29, 1.82) is 0 Å². The molecular formula is C21H23NO5S. The van der Waals surface area contributed by atoms with Crippen LogP contribution >= 0.6 is 11.3 Å². The lowest BCUT2D eigenvalue weighted by atomic mass is 9.90. The van der Waals surface area contributed by atoms with Gasteiger partial charge in [0.15, 0.2) is 6.61 Å². The molecule has 3 rings (SSSR count). The summed E-state index contributed by atoms with van der Waals surface area (Å²) < 4.78 is 10.1. The van der Waals surface area contributed by atoms with E-state index in [1.54, 1.807) is 31.2 Å². The van der Waals surface area contributed by atoms with Gasteiger partial charge in [0.1, 0.15) is 4.88 Å². The summed E-state index contributed by atoms with van der Waals surface area (Å²) in [6, 6.07) is 8.42. The number of thiophene rings is 1. The highest BCUT2D eigenvalue weighted by Gasteiger charge is 2.22. The first-order valence-corrected chi connectivity index (χ1v) is 10.1. The molecular weight excluding hydrogens is 378 g/mol. The summed E-state index contributed by atoms with van der Waals surface area (Å²) in [6.07, 6.45) is 3.09. The summed E-state index contributed by atoms with van der Waals surface area (Å²) in [6.45, 7) is 3.73. The quantitative estimate of drug-likeness (QED) is 0.744. The highest BCUT2D eigenvalue weighted by Crippen LogP contribution is 2.32. The standard InChI is InChI=1S/C21H23NO5S/c1-3-26-20(24)15-6-4-5-7-16(15)22-19(23)12-27-21(25)18-11-14-10-13(2)8-9-17(14)28-18/h4-7,11,13H,3,8-10,12H2,1-2H3,(H,22,23)/t13-/m0/s1. The number of ether oxygens (including phenoxy) is 2. The van der Waals surface area contributed by atoms with Crippen LogP contribution in [0.4, 0.5) is 5.69 Å². The number of carbonyl (C=O) groups excluding carboxylic acids is 3. The van der Waals surface area contributed by atoms with E-state index in [4.69, 9.17) is 9.47 Å². The Balaban J connectivity index is 1.58. The monoisotopic (exact) mass is 401 g/mol. The minimum atomic E-state index is -0.520. The molecule has 2 aromatic rings. The molecule has 0 saturated heterocycles. The van der Waals surface area contributed by atoms with Gasteiger partial charge in [-0.2, -0.15) is 0 Å². The van der Waals surface area contributed by atoms with E-state index in [0.717, 1.165) is 19.3 Å². The number of aryl methyl sites for hydroxylation is 1. The summed E-state index contributed by atoms with van der Waals surface area (Å²) in [4.78, 5) is 38.2. The second-order valence-electron chi connectivity index (χ2n) is 6.80. The zero-order valence-electron chi connectivity index (χ0n) is 15.9. The maximum Gasteiger partial charge on any atom is 0.348 e. The Kier molecular flexibility index (Phi) is 6.46. The Hall–Kier alpha value is -2.67. The fraction of sp³-hybridized carbons (Fsp3) is 0.381. The van der Waals surface area contributed by atoms with Gasteiger partial charge in [0.25, 0.3) is 5.91 Å². The lowest BCUT2D eigenvalue weighted by Gasteiger charge is -2.16. The topological polar surface area (TPSA) is 81.7 Å². The van der Waals surface area contributed by atoms with Gasteiger partial charge in [-0.15, -0.1) is 11.3 Å². The van der Waals surface area contributed by atoms with E-state index in [2.05, 4.69) is 12.2 Å².